The fourth-order valence-corrected chi connectivity index (χ4v) is 3.38. The number of aliphatic hydroxyl groups excluding tert-OH is 1. The van der Waals surface area contributed by atoms with Crippen LogP contribution in [0.25, 0.3) is 0 Å². The molecule has 116 valence electrons. The Kier molecular flexibility index (Phi) is 3.74. The predicted molar refractivity (Wildman–Crippen MR) is 71.7 cm³/mol. The predicted octanol–water partition coefficient (Wildman–Crippen LogP) is 3.43. The number of ether oxygens (including phenoxy) is 1. The Labute approximate surface area is 121 Å². The van der Waals surface area contributed by atoms with Gasteiger partial charge in [0.1, 0.15) is 0 Å². The van der Waals surface area contributed by atoms with Crippen LogP contribution >= 0.6 is 0 Å². The Balaban J connectivity index is 1.77. The number of hydrogen-bond acceptors (Lipinski definition) is 2. The minimum atomic E-state index is -4.31. The van der Waals surface area contributed by atoms with Crippen LogP contribution in [0.5, 0.6) is 0 Å². The summed E-state index contributed by atoms with van der Waals surface area (Å²) in [4.78, 5) is 0. The van der Waals surface area contributed by atoms with Gasteiger partial charge < -0.3 is 9.84 Å². The van der Waals surface area contributed by atoms with Crippen molar-refractivity contribution in [2.45, 2.75) is 38.0 Å². The van der Waals surface area contributed by atoms with E-state index < -0.39 is 11.7 Å². The van der Waals surface area contributed by atoms with Crippen LogP contribution in [0.2, 0.25) is 0 Å². The van der Waals surface area contributed by atoms with Crippen molar-refractivity contribution in [2.24, 2.45) is 11.3 Å². The molecule has 2 atom stereocenters. The minimum Gasteiger partial charge on any atom is -0.396 e. The topological polar surface area (TPSA) is 29.5 Å². The third-order valence-corrected chi connectivity index (χ3v) is 4.70. The maximum atomic E-state index is 12.6. The van der Waals surface area contributed by atoms with Gasteiger partial charge in [-0.25, -0.2) is 0 Å². The van der Waals surface area contributed by atoms with Crippen LogP contribution in [0.15, 0.2) is 24.3 Å². The molecule has 0 radical (unpaired) electrons. The number of alkyl halides is 3. The van der Waals surface area contributed by atoms with E-state index in [1.54, 1.807) is 0 Å². The van der Waals surface area contributed by atoms with Crippen molar-refractivity contribution in [2.75, 3.05) is 13.2 Å². The summed E-state index contributed by atoms with van der Waals surface area (Å²) < 4.78 is 43.5. The third kappa shape index (κ3) is 2.94. The minimum absolute atomic E-state index is 0.0230. The molecular formula is C16H19F3O2. The SMILES string of the molecule is OCC1(Cc2ccc(C(F)(F)F)cc2)CCOC1C1CC1. The molecule has 1 N–H and O–H groups in total. The summed E-state index contributed by atoms with van der Waals surface area (Å²) in [5, 5.41) is 9.85. The highest BCUT2D eigenvalue weighted by Crippen LogP contribution is 2.49. The molecule has 0 aromatic heterocycles. The summed E-state index contributed by atoms with van der Waals surface area (Å²) in [6.45, 7) is 0.650. The molecule has 1 aliphatic carbocycles. The highest BCUT2D eigenvalue weighted by Gasteiger charge is 2.50. The molecule has 1 aliphatic heterocycles. The van der Waals surface area contributed by atoms with Crippen LogP contribution in [0.4, 0.5) is 13.2 Å². The standard InChI is InChI=1S/C16H19F3O2/c17-16(18,19)13-5-1-11(2-6-13)9-15(10-20)7-8-21-14(15)12-3-4-12/h1-2,5-6,12,14,20H,3-4,7-10H2. The van der Waals surface area contributed by atoms with E-state index in [9.17, 15) is 18.3 Å². The van der Waals surface area contributed by atoms with Gasteiger partial charge in [-0.05, 0) is 49.3 Å². The average molecular weight is 300 g/mol. The first kappa shape index (κ1) is 14.9. The summed E-state index contributed by atoms with van der Waals surface area (Å²) in [5.41, 5.74) is -0.139. The number of rotatable bonds is 4. The van der Waals surface area contributed by atoms with Crippen LogP contribution in [0.1, 0.15) is 30.4 Å². The van der Waals surface area contributed by atoms with Gasteiger partial charge in [0, 0.05) is 12.0 Å². The second-order valence-corrected chi connectivity index (χ2v) is 6.27. The zero-order chi connectivity index (χ0) is 15.1. The van der Waals surface area contributed by atoms with E-state index >= 15 is 0 Å². The normalized spacial score (nSPS) is 29.8. The lowest BCUT2D eigenvalue weighted by Crippen LogP contribution is -2.38. The molecule has 2 aliphatic rings. The van der Waals surface area contributed by atoms with Crippen LogP contribution in [0.3, 0.4) is 0 Å². The molecule has 2 nitrogen and oxygen atoms in total. The molecule has 1 saturated heterocycles. The maximum Gasteiger partial charge on any atom is 0.416 e. The summed E-state index contributed by atoms with van der Waals surface area (Å²) in [6.07, 6.45) is -0.669. The zero-order valence-corrected chi connectivity index (χ0v) is 11.7. The number of halogens is 3. The molecule has 0 amide bonds. The Bertz CT molecular complexity index is 493. The fourth-order valence-electron chi connectivity index (χ4n) is 3.38. The first-order valence-electron chi connectivity index (χ1n) is 7.33. The summed E-state index contributed by atoms with van der Waals surface area (Å²) in [6, 6.07) is 5.26. The van der Waals surface area contributed by atoms with E-state index in [4.69, 9.17) is 4.74 Å². The number of aliphatic hydroxyl groups is 1. The van der Waals surface area contributed by atoms with Gasteiger partial charge in [-0.2, -0.15) is 13.2 Å². The highest BCUT2D eigenvalue weighted by atomic mass is 19.4. The van der Waals surface area contributed by atoms with Crippen molar-refractivity contribution in [1.29, 1.82) is 0 Å². The second-order valence-electron chi connectivity index (χ2n) is 6.27. The number of benzene rings is 1. The van der Waals surface area contributed by atoms with E-state index in [1.807, 2.05) is 0 Å². The van der Waals surface area contributed by atoms with Crippen LogP contribution in [0, 0.1) is 11.3 Å². The molecule has 1 heterocycles. The zero-order valence-electron chi connectivity index (χ0n) is 11.7. The van der Waals surface area contributed by atoms with Gasteiger partial charge >= 0.3 is 6.18 Å². The molecule has 2 unspecified atom stereocenters. The Morgan fingerprint density at radius 1 is 1.19 bits per heavy atom. The largest absolute Gasteiger partial charge is 0.416 e. The van der Waals surface area contributed by atoms with Crippen LogP contribution in [-0.2, 0) is 17.3 Å². The first-order chi connectivity index (χ1) is 9.94. The van der Waals surface area contributed by atoms with E-state index in [0.29, 0.717) is 18.9 Å². The lowest BCUT2D eigenvalue weighted by Gasteiger charge is -2.32. The van der Waals surface area contributed by atoms with Crippen LogP contribution < -0.4 is 0 Å². The molecular weight excluding hydrogens is 281 g/mol. The van der Waals surface area contributed by atoms with E-state index in [2.05, 4.69) is 0 Å². The van der Waals surface area contributed by atoms with Gasteiger partial charge in [-0.15, -0.1) is 0 Å². The molecule has 0 bridgehead atoms. The maximum absolute atomic E-state index is 12.6. The van der Waals surface area contributed by atoms with Crippen molar-refractivity contribution in [3.8, 4) is 0 Å². The van der Waals surface area contributed by atoms with Crippen molar-refractivity contribution >= 4 is 0 Å². The third-order valence-electron chi connectivity index (χ3n) is 4.70. The second kappa shape index (κ2) is 5.29. The molecule has 5 heteroatoms. The lowest BCUT2D eigenvalue weighted by atomic mass is 9.75. The van der Waals surface area contributed by atoms with Gasteiger partial charge in [0.2, 0.25) is 0 Å². The average Bonchev–Trinajstić information content (AvgIpc) is 3.20. The highest BCUT2D eigenvalue weighted by molar-refractivity contribution is 5.26. The Hall–Kier alpha value is -1.07. The molecule has 1 aromatic carbocycles. The molecule has 1 saturated carbocycles. The lowest BCUT2D eigenvalue weighted by molar-refractivity contribution is -0.137. The van der Waals surface area contributed by atoms with Gasteiger partial charge in [0.15, 0.2) is 0 Å². The van der Waals surface area contributed by atoms with E-state index in [-0.39, 0.29) is 18.1 Å². The summed E-state index contributed by atoms with van der Waals surface area (Å²) in [5.74, 6) is 0.508. The molecule has 0 spiro atoms. The van der Waals surface area contributed by atoms with Gasteiger partial charge in [-0.1, -0.05) is 12.1 Å². The van der Waals surface area contributed by atoms with Crippen molar-refractivity contribution in [3.05, 3.63) is 35.4 Å². The summed E-state index contributed by atoms with van der Waals surface area (Å²) in [7, 11) is 0. The van der Waals surface area contributed by atoms with Crippen molar-refractivity contribution < 1.29 is 23.0 Å². The molecule has 3 rings (SSSR count). The number of hydrogen-bond donors (Lipinski definition) is 1. The first-order valence-corrected chi connectivity index (χ1v) is 7.33. The molecule has 2 fully saturated rings. The monoisotopic (exact) mass is 300 g/mol. The van der Waals surface area contributed by atoms with Crippen molar-refractivity contribution in [3.63, 3.8) is 0 Å². The molecule has 1 aromatic rings. The Morgan fingerprint density at radius 2 is 1.86 bits per heavy atom. The quantitative estimate of drug-likeness (QED) is 0.923. The molecule has 21 heavy (non-hydrogen) atoms. The van der Waals surface area contributed by atoms with Gasteiger partial charge in [0.05, 0.1) is 18.3 Å². The van der Waals surface area contributed by atoms with Gasteiger partial charge in [-0.3, -0.25) is 0 Å². The Morgan fingerprint density at radius 3 is 2.38 bits per heavy atom. The van der Waals surface area contributed by atoms with Crippen LogP contribution in [-0.4, -0.2) is 24.4 Å². The van der Waals surface area contributed by atoms with Gasteiger partial charge in [0.25, 0.3) is 0 Å². The smallest absolute Gasteiger partial charge is 0.396 e. The summed E-state index contributed by atoms with van der Waals surface area (Å²) >= 11 is 0. The fraction of sp³-hybridized carbons (Fsp3) is 0.625. The van der Waals surface area contributed by atoms with E-state index in [1.165, 1.54) is 12.1 Å². The van der Waals surface area contributed by atoms with E-state index in [0.717, 1.165) is 37.0 Å². The van der Waals surface area contributed by atoms with Crippen molar-refractivity contribution in [1.82, 2.24) is 0 Å².